The van der Waals surface area contributed by atoms with Crippen LogP contribution < -0.4 is 15.0 Å². The molecule has 1 aromatic heterocycles. The minimum Gasteiger partial charge on any atom is -0.493 e. The monoisotopic (exact) mass is 318 g/mol. The summed E-state index contributed by atoms with van der Waals surface area (Å²) in [5, 5.41) is 0.234. The van der Waals surface area contributed by atoms with Gasteiger partial charge in [0.25, 0.3) is 5.56 Å². The molecule has 0 aliphatic rings. The van der Waals surface area contributed by atoms with Crippen LogP contribution in [-0.2, 0) is 11.3 Å². The first kappa shape index (κ1) is 16.1. The van der Waals surface area contributed by atoms with Crippen LogP contribution in [0.15, 0.2) is 16.9 Å². The molecule has 0 amide bonds. The number of halogens is 3. The minimum absolute atomic E-state index is 0.00558. The van der Waals surface area contributed by atoms with Crippen molar-refractivity contribution in [1.29, 1.82) is 0 Å². The van der Waals surface area contributed by atoms with E-state index < -0.39 is 24.9 Å². The average molecular weight is 318 g/mol. The summed E-state index contributed by atoms with van der Waals surface area (Å²) in [6.45, 7) is -1.88. The van der Waals surface area contributed by atoms with Crippen molar-refractivity contribution in [2.45, 2.75) is 12.8 Å². The smallest absolute Gasteiger partial charge is 0.411 e. The Balaban J connectivity index is 2.33. The van der Waals surface area contributed by atoms with E-state index in [2.05, 4.69) is 14.7 Å². The van der Waals surface area contributed by atoms with Gasteiger partial charge in [-0.15, -0.1) is 0 Å². The van der Waals surface area contributed by atoms with Crippen LogP contribution in [0.5, 0.6) is 11.5 Å². The number of ether oxygens (including phenoxy) is 3. The first-order valence-corrected chi connectivity index (χ1v) is 6.13. The zero-order chi connectivity index (χ0) is 16.3. The normalized spacial score (nSPS) is 11.7. The molecule has 1 aromatic carbocycles. The van der Waals surface area contributed by atoms with Crippen molar-refractivity contribution in [3.8, 4) is 11.5 Å². The highest BCUT2D eigenvalue weighted by atomic mass is 19.4. The molecule has 120 valence electrons. The van der Waals surface area contributed by atoms with Gasteiger partial charge in [0.1, 0.15) is 19.0 Å². The van der Waals surface area contributed by atoms with E-state index in [0.29, 0.717) is 11.5 Å². The lowest BCUT2D eigenvalue weighted by molar-refractivity contribution is -0.177. The van der Waals surface area contributed by atoms with Crippen molar-refractivity contribution in [3.63, 3.8) is 0 Å². The van der Waals surface area contributed by atoms with Gasteiger partial charge in [-0.2, -0.15) is 13.2 Å². The van der Waals surface area contributed by atoms with E-state index >= 15 is 0 Å². The van der Waals surface area contributed by atoms with Gasteiger partial charge in [-0.3, -0.25) is 4.79 Å². The lowest BCUT2D eigenvalue weighted by Crippen LogP contribution is -2.19. The molecule has 0 atom stereocenters. The van der Waals surface area contributed by atoms with Crippen molar-refractivity contribution in [3.05, 3.63) is 28.3 Å². The molecule has 0 spiro atoms. The van der Waals surface area contributed by atoms with Crippen LogP contribution in [0.3, 0.4) is 0 Å². The summed E-state index contributed by atoms with van der Waals surface area (Å²) >= 11 is 0. The number of hydrogen-bond acceptors (Lipinski definition) is 5. The third kappa shape index (κ3) is 3.67. The Morgan fingerprint density at radius 3 is 2.41 bits per heavy atom. The predicted octanol–water partition coefficient (Wildman–Crippen LogP) is 2.02. The second-order valence-corrected chi connectivity index (χ2v) is 4.34. The van der Waals surface area contributed by atoms with Gasteiger partial charge in [0, 0.05) is 6.07 Å². The highest BCUT2D eigenvalue weighted by Crippen LogP contribution is 2.29. The molecule has 0 unspecified atom stereocenters. The summed E-state index contributed by atoms with van der Waals surface area (Å²) in [7, 11) is 2.84. The van der Waals surface area contributed by atoms with Gasteiger partial charge < -0.3 is 19.2 Å². The van der Waals surface area contributed by atoms with E-state index in [0.717, 1.165) is 0 Å². The van der Waals surface area contributed by atoms with Gasteiger partial charge in [-0.1, -0.05) is 0 Å². The summed E-state index contributed by atoms with van der Waals surface area (Å²) in [5.41, 5.74) is -0.233. The Labute approximate surface area is 122 Å². The molecule has 6 nitrogen and oxygen atoms in total. The molecular weight excluding hydrogens is 305 g/mol. The molecular formula is C13H13F3N2O4. The van der Waals surface area contributed by atoms with E-state index in [9.17, 15) is 18.0 Å². The molecule has 0 saturated carbocycles. The van der Waals surface area contributed by atoms with E-state index in [1.165, 1.54) is 26.4 Å². The maximum Gasteiger partial charge on any atom is 0.411 e. The summed E-state index contributed by atoms with van der Waals surface area (Å²) in [5.74, 6) is 0.701. The zero-order valence-electron chi connectivity index (χ0n) is 11.8. The minimum atomic E-state index is -4.44. The third-order valence-corrected chi connectivity index (χ3v) is 2.76. The predicted molar refractivity (Wildman–Crippen MR) is 71.2 cm³/mol. The van der Waals surface area contributed by atoms with Crippen molar-refractivity contribution >= 4 is 10.9 Å². The van der Waals surface area contributed by atoms with Crippen LogP contribution in [0.1, 0.15) is 5.82 Å². The molecule has 0 aliphatic heterocycles. The van der Waals surface area contributed by atoms with Gasteiger partial charge in [-0.25, -0.2) is 4.98 Å². The Morgan fingerprint density at radius 2 is 1.82 bits per heavy atom. The number of nitrogens with zero attached hydrogens (tertiary/aromatic N) is 1. The number of alkyl halides is 3. The van der Waals surface area contributed by atoms with Gasteiger partial charge >= 0.3 is 6.18 Å². The molecule has 0 saturated heterocycles. The fraction of sp³-hybridized carbons (Fsp3) is 0.385. The number of nitrogens with one attached hydrogen (secondary N) is 1. The fourth-order valence-electron chi connectivity index (χ4n) is 1.85. The molecule has 1 N–H and O–H groups in total. The van der Waals surface area contributed by atoms with Gasteiger partial charge in [-0.05, 0) is 6.07 Å². The first-order valence-electron chi connectivity index (χ1n) is 6.13. The highest BCUT2D eigenvalue weighted by Gasteiger charge is 2.27. The van der Waals surface area contributed by atoms with Crippen molar-refractivity contribution in [1.82, 2.24) is 9.97 Å². The topological polar surface area (TPSA) is 73.4 Å². The van der Waals surface area contributed by atoms with Gasteiger partial charge in [0.05, 0.1) is 25.1 Å². The average Bonchev–Trinajstić information content (AvgIpc) is 2.44. The van der Waals surface area contributed by atoms with Crippen LogP contribution in [0.4, 0.5) is 13.2 Å². The summed E-state index contributed by atoms with van der Waals surface area (Å²) < 4.78 is 50.7. The van der Waals surface area contributed by atoms with E-state index in [1.54, 1.807) is 0 Å². The Kier molecular flexibility index (Phi) is 4.55. The molecule has 2 aromatic rings. The Hall–Kier alpha value is -2.29. The lowest BCUT2D eigenvalue weighted by atomic mass is 10.2. The highest BCUT2D eigenvalue weighted by molar-refractivity contribution is 5.81. The summed E-state index contributed by atoms with van der Waals surface area (Å²) in [6, 6.07) is 2.91. The number of aromatic nitrogens is 2. The van der Waals surface area contributed by atoms with E-state index in [-0.39, 0.29) is 16.7 Å². The second-order valence-electron chi connectivity index (χ2n) is 4.34. The molecule has 0 radical (unpaired) electrons. The summed E-state index contributed by atoms with van der Waals surface area (Å²) in [6.07, 6.45) is -4.44. The fourth-order valence-corrected chi connectivity index (χ4v) is 1.85. The first-order chi connectivity index (χ1) is 10.3. The zero-order valence-corrected chi connectivity index (χ0v) is 11.8. The van der Waals surface area contributed by atoms with Crippen LogP contribution in [0.25, 0.3) is 10.9 Å². The standard InChI is InChI=1S/C13H13F3N2O4/c1-20-9-3-7-8(4-10(9)21-2)17-11(18-12(7)19)5-22-6-13(14,15)16/h3-4H,5-6H2,1-2H3,(H,17,18,19). The van der Waals surface area contributed by atoms with Crippen molar-refractivity contribution in [2.24, 2.45) is 0 Å². The Morgan fingerprint density at radius 1 is 1.18 bits per heavy atom. The van der Waals surface area contributed by atoms with Crippen LogP contribution in [0, 0.1) is 0 Å². The van der Waals surface area contributed by atoms with Crippen LogP contribution >= 0.6 is 0 Å². The van der Waals surface area contributed by atoms with Crippen LogP contribution in [-0.4, -0.2) is 37.0 Å². The number of H-pyrrole nitrogens is 1. The van der Waals surface area contributed by atoms with Crippen molar-refractivity contribution in [2.75, 3.05) is 20.8 Å². The second kappa shape index (κ2) is 6.22. The number of aromatic amines is 1. The molecule has 2 rings (SSSR count). The van der Waals surface area contributed by atoms with E-state index in [1.807, 2.05) is 0 Å². The number of fused-ring (bicyclic) bond motifs is 1. The SMILES string of the molecule is COc1cc2nc(COCC(F)(F)F)[nH]c(=O)c2cc1OC. The lowest BCUT2D eigenvalue weighted by Gasteiger charge is -2.10. The number of hydrogen-bond donors (Lipinski definition) is 1. The van der Waals surface area contributed by atoms with E-state index in [4.69, 9.17) is 9.47 Å². The van der Waals surface area contributed by atoms with Crippen LogP contribution in [0.2, 0.25) is 0 Å². The molecule has 22 heavy (non-hydrogen) atoms. The molecule has 9 heteroatoms. The largest absolute Gasteiger partial charge is 0.493 e. The summed E-state index contributed by atoms with van der Waals surface area (Å²) in [4.78, 5) is 18.4. The number of benzene rings is 1. The van der Waals surface area contributed by atoms with Gasteiger partial charge in [0.2, 0.25) is 0 Å². The quantitative estimate of drug-likeness (QED) is 0.913. The molecule has 1 heterocycles. The Bertz CT molecular complexity index is 728. The number of rotatable bonds is 5. The van der Waals surface area contributed by atoms with Gasteiger partial charge in [0.15, 0.2) is 11.5 Å². The third-order valence-electron chi connectivity index (χ3n) is 2.76. The molecule has 0 bridgehead atoms. The maximum absolute atomic E-state index is 12.0. The molecule has 0 fully saturated rings. The molecule has 0 aliphatic carbocycles. The van der Waals surface area contributed by atoms with Crippen molar-refractivity contribution < 1.29 is 27.4 Å². The number of methoxy groups -OCH3 is 2. The maximum atomic E-state index is 12.0.